The van der Waals surface area contributed by atoms with Crippen molar-refractivity contribution in [3.63, 3.8) is 0 Å². The van der Waals surface area contributed by atoms with Gasteiger partial charge in [-0.2, -0.15) is 0 Å². The summed E-state index contributed by atoms with van der Waals surface area (Å²) in [4.78, 5) is 1.83. The summed E-state index contributed by atoms with van der Waals surface area (Å²) in [6, 6.07) is 0.907. The van der Waals surface area contributed by atoms with Gasteiger partial charge in [-0.05, 0) is 12.1 Å². The van der Waals surface area contributed by atoms with Crippen molar-refractivity contribution in [1.29, 1.82) is 0 Å². The standard InChI is InChI=1S/C6H14BN.ClH/c1-5(2)8(7)6(3)4;/h5-6H,1-4H3;1H. The minimum absolute atomic E-state index is 0. The lowest BCUT2D eigenvalue weighted by atomic mass is 10.1. The van der Waals surface area contributed by atoms with Crippen LogP contribution in [0, 0.1) is 0 Å². The fourth-order valence-corrected chi connectivity index (χ4v) is 0.596. The number of halogens is 1. The second-order valence-electron chi connectivity index (χ2n) is 2.63. The lowest BCUT2D eigenvalue weighted by Gasteiger charge is -2.25. The summed E-state index contributed by atoms with van der Waals surface area (Å²) in [5, 5.41) is 0. The molecule has 0 bridgehead atoms. The molecule has 0 aliphatic rings. The zero-order chi connectivity index (χ0) is 6.73. The van der Waals surface area contributed by atoms with Crippen molar-refractivity contribution in [1.82, 2.24) is 4.81 Å². The number of nitrogens with zero attached hydrogens (tertiary/aromatic N) is 1. The summed E-state index contributed by atoms with van der Waals surface area (Å²) in [6.45, 7) is 8.33. The van der Waals surface area contributed by atoms with Crippen LogP contribution in [0.25, 0.3) is 0 Å². The molecule has 0 amide bonds. The largest absolute Gasteiger partial charge is 0.349 e. The van der Waals surface area contributed by atoms with Gasteiger partial charge in [0.05, 0.1) is 0 Å². The fraction of sp³-hybridized carbons (Fsp3) is 1.00. The van der Waals surface area contributed by atoms with Crippen LogP contribution in [-0.4, -0.2) is 24.9 Å². The van der Waals surface area contributed by atoms with E-state index in [4.69, 9.17) is 7.98 Å². The van der Waals surface area contributed by atoms with Gasteiger partial charge < -0.3 is 4.81 Å². The molecule has 0 atom stereocenters. The first-order valence-corrected chi connectivity index (χ1v) is 3.08. The molecule has 0 aliphatic heterocycles. The summed E-state index contributed by atoms with van der Waals surface area (Å²) < 4.78 is 0. The summed E-state index contributed by atoms with van der Waals surface area (Å²) in [6.07, 6.45) is 0. The van der Waals surface area contributed by atoms with Crippen molar-refractivity contribution < 1.29 is 0 Å². The second kappa shape index (κ2) is 5.13. The van der Waals surface area contributed by atoms with E-state index in [0.717, 1.165) is 0 Å². The first-order chi connectivity index (χ1) is 3.55. The molecule has 9 heavy (non-hydrogen) atoms. The lowest BCUT2D eigenvalue weighted by molar-refractivity contribution is 0.320. The van der Waals surface area contributed by atoms with Crippen molar-refractivity contribution >= 4 is 20.4 Å². The Morgan fingerprint density at radius 1 is 1.00 bits per heavy atom. The smallest absolute Gasteiger partial charge is 0.183 e. The molecule has 0 unspecified atom stereocenters. The molecule has 0 saturated heterocycles. The molecule has 0 saturated carbocycles. The first kappa shape index (κ1) is 12.0. The molecule has 1 nitrogen and oxygen atoms in total. The normalized spacial score (nSPS) is 10.6. The molecular weight excluding hydrogens is 132 g/mol. The van der Waals surface area contributed by atoms with Gasteiger partial charge in [0.2, 0.25) is 0 Å². The third-order valence-electron chi connectivity index (χ3n) is 1.19. The summed E-state index contributed by atoms with van der Waals surface area (Å²) >= 11 is 0. The minimum Gasteiger partial charge on any atom is -0.349 e. The maximum absolute atomic E-state index is 5.59. The van der Waals surface area contributed by atoms with E-state index in [-0.39, 0.29) is 12.4 Å². The number of hydrogen-bond donors (Lipinski definition) is 0. The van der Waals surface area contributed by atoms with Crippen LogP contribution in [0.1, 0.15) is 27.7 Å². The van der Waals surface area contributed by atoms with Crippen LogP contribution in [0.5, 0.6) is 0 Å². The van der Waals surface area contributed by atoms with Gasteiger partial charge in [0, 0.05) is 0 Å². The Bertz CT molecular complexity index is 58.1. The topological polar surface area (TPSA) is 3.24 Å². The van der Waals surface area contributed by atoms with E-state index in [2.05, 4.69) is 27.7 Å². The van der Waals surface area contributed by atoms with Crippen LogP contribution in [0.2, 0.25) is 0 Å². The first-order valence-electron chi connectivity index (χ1n) is 3.08. The van der Waals surface area contributed by atoms with Crippen molar-refractivity contribution in [3.8, 4) is 0 Å². The molecule has 0 aromatic carbocycles. The maximum atomic E-state index is 5.59. The van der Waals surface area contributed by atoms with E-state index in [1.54, 1.807) is 0 Å². The molecular formula is C6H15BClN. The Morgan fingerprint density at radius 2 is 1.22 bits per heavy atom. The van der Waals surface area contributed by atoms with E-state index in [9.17, 15) is 0 Å². The van der Waals surface area contributed by atoms with Gasteiger partial charge in [-0.25, -0.2) is 0 Å². The molecule has 0 N–H and O–H groups in total. The zero-order valence-corrected chi connectivity index (χ0v) is 7.40. The molecule has 0 fully saturated rings. The highest BCUT2D eigenvalue weighted by atomic mass is 35.5. The van der Waals surface area contributed by atoms with E-state index in [1.165, 1.54) is 0 Å². The van der Waals surface area contributed by atoms with Gasteiger partial charge in [0.1, 0.15) is 0 Å². The Balaban J connectivity index is 0. The fourth-order valence-electron chi connectivity index (χ4n) is 0.596. The van der Waals surface area contributed by atoms with E-state index >= 15 is 0 Å². The third-order valence-corrected chi connectivity index (χ3v) is 1.19. The van der Waals surface area contributed by atoms with Crippen molar-refractivity contribution in [2.24, 2.45) is 0 Å². The van der Waals surface area contributed by atoms with Gasteiger partial charge in [-0.3, -0.25) is 0 Å². The summed E-state index contributed by atoms with van der Waals surface area (Å²) in [5.41, 5.74) is 0. The average molecular weight is 147 g/mol. The minimum atomic E-state index is 0. The molecule has 0 aromatic heterocycles. The van der Waals surface area contributed by atoms with Crippen molar-refractivity contribution in [2.75, 3.05) is 0 Å². The lowest BCUT2D eigenvalue weighted by Crippen LogP contribution is -2.34. The third kappa shape index (κ3) is 4.80. The maximum Gasteiger partial charge on any atom is 0.183 e. The van der Waals surface area contributed by atoms with Crippen LogP contribution in [0.3, 0.4) is 0 Å². The Kier molecular flexibility index (Phi) is 6.86. The van der Waals surface area contributed by atoms with Gasteiger partial charge >= 0.3 is 0 Å². The SMILES string of the molecule is Cl.[B]N(C(C)C)C(C)C. The van der Waals surface area contributed by atoms with Gasteiger partial charge in [0.25, 0.3) is 0 Å². The molecule has 0 rings (SSSR count). The predicted molar refractivity (Wildman–Crippen MR) is 45.1 cm³/mol. The van der Waals surface area contributed by atoms with Crippen molar-refractivity contribution in [2.45, 2.75) is 39.8 Å². The van der Waals surface area contributed by atoms with Crippen LogP contribution in [0.15, 0.2) is 0 Å². The van der Waals surface area contributed by atoms with Gasteiger partial charge in [-0.1, -0.05) is 27.7 Å². The van der Waals surface area contributed by atoms with E-state index < -0.39 is 0 Å². The number of hydrogen-bond acceptors (Lipinski definition) is 1. The van der Waals surface area contributed by atoms with Gasteiger partial charge in [0.15, 0.2) is 7.98 Å². The Hall–Kier alpha value is 0.315. The molecule has 3 heteroatoms. The Labute approximate surface area is 65.7 Å². The molecule has 54 valence electrons. The van der Waals surface area contributed by atoms with Crippen LogP contribution in [0.4, 0.5) is 0 Å². The highest BCUT2D eigenvalue weighted by molar-refractivity contribution is 6.04. The van der Waals surface area contributed by atoms with Crippen LogP contribution in [-0.2, 0) is 0 Å². The molecule has 0 heterocycles. The number of rotatable bonds is 2. The average Bonchev–Trinajstić information content (AvgIpc) is 1.64. The quantitative estimate of drug-likeness (QED) is 0.537. The molecule has 0 aliphatic carbocycles. The van der Waals surface area contributed by atoms with Crippen molar-refractivity contribution in [3.05, 3.63) is 0 Å². The van der Waals surface area contributed by atoms with Crippen LogP contribution >= 0.6 is 12.4 Å². The highest BCUT2D eigenvalue weighted by Gasteiger charge is 2.04. The predicted octanol–water partition coefficient (Wildman–Crippen LogP) is 1.61. The Morgan fingerprint density at radius 3 is 1.22 bits per heavy atom. The van der Waals surface area contributed by atoms with Crippen LogP contribution < -0.4 is 0 Å². The monoisotopic (exact) mass is 147 g/mol. The zero-order valence-electron chi connectivity index (χ0n) is 6.59. The molecule has 2 radical (unpaired) electrons. The van der Waals surface area contributed by atoms with Gasteiger partial charge in [-0.15, -0.1) is 12.4 Å². The highest BCUT2D eigenvalue weighted by Crippen LogP contribution is 1.97. The second-order valence-corrected chi connectivity index (χ2v) is 2.63. The summed E-state index contributed by atoms with van der Waals surface area (Å²) in [7, 11) is 5.59. The molecule has 0 spiro atoms. The van der Waals surface area contributed by atoms with E-state index in [0.29, 0.717) is 12.1 Å². The summed E-state index contributed by atoms with van der Waals surface area (Å²) in [5.74, 6) is 0. The molecule has 0 aromatic rings. The van der Waals surface area contributed by atoms with E-state index in [1.807, 2.05) is 4.81 Å².